The molecule has 2 aromatic heterocycles. The van der Waals surface area contributed by atoms with Gasteiger partial charge in [-0.2, -0.15) is 4.98 Å². The van der Waals surface area contributed by atoms with E-state index in [1.165, 1.54) is 27.8 Å². The molecule has 1 N–H and O–H groups in total. The van der Waals surface area contributed by atoms with E-state index in [1.807, 2.05) is 36.7 Å². The van der Waals surface area contributed by atoms with Gasteiger partial charge in [0.05, 0.1) is 0 Å². The van der Waals surface area contributed by atoms with E-state index in [4.69, 9.17) is 4.42 Å². The van der Waals surface area contributed by atoms with Gasteiger partial charge in [0.2, 0.25) is 0 Å². The molecule has 0 atom stereocenters. The molecule has 2 aromatic carbocycles. The van der Waals surface area contributed by atoms with Gasteiger partial charge in [-0.05, 0) is 72.9 Å². The van der Waals surface area contributed by atoms with Crippen LogP contribution in [-0.2, 0) is 6.54 Å². The number of pyridine rings is 1. The number of nitrogens with zero attached hydrogens (tertiary/aromatic N) is 3. The number of benzene rings is 2. The molecule has 1 aliphatic heterocycles. The van der Waals surface area contributed by atoms with Crippen molar-refractivity contribution in [1.82, 2.24) is 9.97 Å². The van der Waals surface area contributed by atoms with Crippen LogP contribution in [0, 0.1) is 6.92 Å². The molecule has 0 spiro atoms. The van der Waals surface area contributed by atoms with E-state index >= 15 is 0 Å². The molecule has 0 aliphatic carbocycles. The average molecular weight is 411 g/mol. The average Bonchev–Trinajstić information content (AvgIpc) is 3.24. The molecule has 0 fully saturated rings. The quantitative estimate of drug-likeness (QED) is 0.449. The maximum Gasteiger partial charge on any atom is 0.298 e. The van der Waals surface area contributed by atoms with Crippen LogP contribution in [0.15, 0.2) is 77.0 Å². The lowest BCUT2D eigenvalue weighted by Crippen LogP contribution is -2.31. The number of nitrogens with one attached hydrogen (secondary N) is 1. The first-order valence-corrected chi connectivity index (χ1v) is 10.7. The Hall–Kier alpha value is -3.60. The van der Waals surface area contributed by atoms with Crippen LogP contribution < -0.4 is 10.2 Å². The van der Waals surface area contributed by atoms with Crippen molar-refractivity contribution in [2.45, 2.75) is 26.8 Å². The summed E-state index contributed by atoms with van der Waals surface area (Å²) >= 11 is 0. The molecule has 156 valence electrons. The van der Waals surface area contributed by atoms with Crippen LogP contribution in [-0.4, -0.2) is 23.1 Å². The van der Waals surface area contributed by atoms with Gasteiger partial charge in [-0.15, -0.1) is 0 Å². The van der Waals surface area contributed by atoms with Crippen LogP contribution in [0.5, 0.6) is 0 Å². The lowest BCUT2D eigenvalue weighted by atomic mass is 9.95. The van der Waals surface area contributed by atoms with E-state index in [0.29, 0.717) is 6.01 Å². The van der Waals surface area contributed by atoms with Crippen LogP contribution >= 0.6 is 0 Å². The Morgan fingerprint density at radius 1 is 1.03 bits per heavy atom. The van der Waals surface area contributed by atoms with Crippen LogP contribution in [0.2, 0.25) is 0 Å². The Morgan fingerprint density at radius 2 is 1.87 bits per heavy atom. The summed E-state index contributed by atoms with van der Waals surface area (Å²) < 4.78 is 6.01. The third-order valence-corrected chi connectivity index (χ3v) is 6.03. The minimum Gasteiger partial charge on any atom is -0.423 e. The number of rotatable bonds is 5. The van der Waals surface area contributed by atoms with E-state index in [9.17, 15) is 0 Å². The highest BCUT2D eigenvalue weighted by Gasteiger charge is 2.22. The summed E-state index contributed by atoms with van der Waals surface area (Å²) in [7, 11) is 0. The van der Waals surface area contributed by atoms with Gasteiger partial charge in [-0.25, -0.2) is 0 Å². The Labute approximate surface area is 182 Å². The minimum atomic E-state index is 0.706. The van der Waals surface area contributed by atoms with Crippen molar-refractivity contribution in [3.8, 4) is 0 Å². The van der Waals surface area contributed by atoms with E-state index in [1.54, 1.807) is 0 Å². The van der Waals surface area contributed by atoms with Gasteiger partial charge in [-0.1, -0.05) is 29.8 Å². The minimum absolute atomic E-state index is 0.706. The number of aromatic nitrogens is 2. The zero-order chi connectivity index (χ0) is 21.2. The van der Waals surface area contributed by atoms with Crippen molar-refractivity contribution in [2.75, 3.05) is 23.3 Å². The van der Waals surface area contributed by atoms with Crippen molar-refractivity contribution < 1.29 is 4.42 Å². The van der Waals surface area contributed by atoms with Gasteiger partial charge < -0.3 is 14.6 Å². The molecule has 0 saturated carbocycles. The third kappa shape index (κ3) is 4.04. The molecule has 5 rings (SSSR count). The third-order valence-electron chi connectivity index (χ3n) is 6.03. The summed E-state index contributed by atoms with van der Waals surface area (Å²) in [6, 6.07) is 19.4. The van der Waals surface area contributed by atoms with Crippen molar-refractivity contribution in [2.24, 2.45) is 0 Å². The van der Waals surface area contributed by atoms with Crippen molar-refractivity contribution in [3.05, 3.63) is 89.3 Å². The van der Waals surface area contributed by atoms with Gasteiger partial charge in [-0.3, -0.25) is 4.98 Å². The first-order chi connectivity index (χ1) is 15.2. The normalized spacial score (nSPS) is 14.3. The first-order valence-electron chi connectivity index (χ1n) is 10.7. The summed E-state index contributed by atoms with van der Waals surface area (Å²) in [5.74, 6) is 0. The number of fused-ring (bicyclic) bond motifs is 1. The highest BCUT2D eigenvalue weighted by Crippen LogP contribution is 2.31. The van der Waals surface area contributed by atoms with E-state index in [0.717, 1.165) is 42.8 Å². The fraction of sp³-hybridized carbons (Fsp3) is 0.231. The molecule has 3 heterocycles. The number of para-hydroxylation sites is 2. The summed E-state index contributed by atoms with van der Waals surface area (Å²) in [6.07, 6.45) is 4.75. The molecule has 5 nitrogen and oxygen atoms in total. The van der Waals surface area contributed by atoms with Crippen LogP contribution in [0.25, 0.3) is 16.7 Å². The predicted octanol–water partition coefficient (Wildman–Crippen LogP) is 5.83. The van der Waals surface area contributed by atoms with Gasteiger partial charge >= 0.3 is 0 Å². The van der Waals surface area contributed by atoms with E-state index < -0.39 is 0 Å². The zero-order valence-corrected chi connectivity index (χ0v) is 17.9. The van der Waals surface area contributed by atoms with Crippen molar-refractivity contribution in [1.29, 1.82) is 0 Å². The second-order valence-electron chi connectivity index (χ2n) is 8.13. The highest BCUT2D eigenvalue weighted by molar-refractivity contribution is 5.77. The molecule has 0 unspecified atom stereocenters. The molecule has 0 saturated heterocycles. The number of aryl methyl sites for hydroxylation is 1. The molecule has 31 heavy (non-hydrogen) atoms. The fourth-order valence-electron chi connectivity index (χ4n) is 4.04. The van der Waals surface area contributed by atoms with Crippen LogP contribution in [0.1, 0.15) is 30.0 Å². The topological polar surface area (TPSA) is 54.2 Å². The number of hydrogen-bond donors (Lipinski definition) is 1. The van der Waals surface area contributed by atoms with Crippen molar-refractivity contribution in [3.63, 3.8) is 0 Å². The smallest absolute Gasteiger partial charge is 0.298 e. The summed E-state index contributed by atoms with van der Waals surface area (Å²) in [5.41, 5.74) is 9.36. The van der Waals surface area contributed by atoms with Crippen LogP contribution in [0.3, 0.4) is 0 Å². The van der Waals surface area contributed by atoms with Gasteiger partial charge in [0.1, 0.15) is 5.52 Å². The molecule has 5 heteroatoms. The summed E-state index contributed by atoms with van der Waals surface area (Å²) in [4.78, 5) is 11.1. The Balaban J connectivity index is 1.31. The highest BCUT2D eigenvalue weighted by atomic mass is 16.4. The second-order valence-corrected chi connectivity index (χ2v) is 8.13. The first kappa shape index (κ1) is 19.4. The van der Waals surface area contributed by atoms with E-state index in [2.05, 4.69) is 64.4 Å². The Kier molecular flexibility index (Phi) is 5.16. The number of oxazole rings is 1. The van der Waals surface area contributed by atoms with Gasteiger partial charge in [0, 0.05) is 37.7 Å². The Bertz CT molecular complexity index is 1210. The largest absolute Gasteiger partial charge is 0.423 e. The molecular weight excluding hydrogens is 384 g/mol. The number of anilines is 2. The monoisotopic (exact) mass is 410 g/mol. The molecule has 0 bridgehead atoms. The lowest BCUT2D eigenvalue weighted by molar-refractivity contribution is 0.571. The van der Waals surface area contributed by atoms with Gasteiger partial charge in [0.25, 0.3) is 6.01 Å². The predicted molar refractivity (Wildman–Crippen MR) is 126 cm³/mol. The lowest BCUT2D eigenvalue weighted by Gasteiger charge is -2.29. The molecule has 1 aliphatic rings. The van der Waals surface area contributed by atoms with Crippen LogP contribution in [0.4, 0.5) is 11.7 Å². The second kappa shape index (κ2) is 8.26. The summed E-state index contributed by atoms with van der Waals surface area (Å²) in [6.45, 7) is 6.85. The van der Waals surface area contributed by atoms with Crippen molar-refractivity contribution >= 4 is 28.4 Å². The molecule has 0 amide bonds. The SMILES string of the molecule is CC1=C(c2ccc(NCc3ccncc3C)cc2)CN(c2nc3ccccc3o2)CC1. The summed E-state index contributed by atoms with van der Waals surface area (Å²) in [5, 5.41) is 3.51. The standard InChI is InChI=1S/C26H26N4O/c1-18-12-14-30(26-29-24-5-3-4-6-25(24)31-26)17-23(18)20-7-9-22(10-8-20)28-16-21-11-13-27-15-19(21)2/h3-11,13,15,28H,12,14,16-17H2,1-2H3. The molecular formula is C26H26N4O. The van der Waals surface area contributed by atoms with E-state index in [-0.39, 0.29) is 0 Å². The fourth-order valence-corrected chi connectivity index (χ4v) is 4.04. The number of hydrogen-bond acceptors (Lipinski definition) is 5. The molecule has 4 aromatic rings. The maximum absolute atomic E-state index is 6.01. The maximum atomic E-state index is 6.01. The van der Waals surface area contributed by atoms with Gasteiger partial charge in [0.15, 0.2) is 5.58 Å². The Morgan fingerprint density at radius 3 is 2.68 bits per heavy atom. The zero-order valence-electron chi connectivity index (χ0n) is 17.9. The molecule has 0 radical (unpaired) electrons.